The van der Waals surface area contributed by atoms with Crippen LogP contribution in [0.25, 0.3) is 0 Å². The number of hydrazone groups is 1. The van der Waals surface area contributed by atoms with Crippen molar-refractivity contribution in [3.8, 4) is 11.5 Å². The molecule has 0 spiro atoms. The Labute approximate surface area is 230 Å². The fraction of sp³-hybridized carbons (Fsp3) is 0.458. The normalized spacial score (nSPS) is 14.1. The molecule has 0 saturated carbocycles. The van der Waals surface area contributed by atoms with Gasteiger partial charge in [0.1, 0.15) is 11.5 Å². The lowest BCUT2D eigenvalue weighted by Gasteiger charge is -2.38. The minimum atomic E-state index is -3.50. The lowest BCUT2D eigenvalue weighted by Crippen LogP contribution is -2.34. The molecule has 0 aliphatic carbocycles. The van der Waals surface area contributed by atoms with E-state index in [1.165, 1.54) is 0 Å². The summed E-state index contributed by atoms with van der Waals surface area (Å²) >= 11 is 5.55. The van der Waals surface area contributed by atoms with Gasteiger partial charge in [0, 0.05) is 0 Å². The first-order valence-electron chi connectivity index (χ1n) is 11.9. The van der Waals surface area contributed by atoms with E-state index in [2.05, 4.69) is 5.10 Å². The molecule has 0 fully saturated rings. The number of hydrogen-bond acceptors (Lipinski definition) is 8. The molecule has 8 nitrogen and oxygen atoms in total. The highest BCUT2D eigenvalue weighted by Crippen LogP contribution is 2.64. The van der Waals surface area contributed by atoms with Crippen molar-refractivity contribution in [2.75, 3.05) is 28.3 Å². The third-order valence-electron chi connectivity index (χ3n) is 4.68. The Morgan fingerprint density at radius 2 is 1.38 bits per heavy atom. The maximum absolute atomic E-state index is 14.3. The van der Waals surface area contributed by atoms with Crippen LogP contribution < -0.4 is 9.26 Å². The summed E-state index contributed by atoms with van der Waals surface area (Å²) in [7, 11) is -2.07. The zero-order valence-corrected chi connectivity index (χ0v) is 28.1. The molecule has 0 N–H and O–H groups in total. The molecule has 2 atom stereocenters. The van der Waals surface area contributed by atoms with E-state index in [9.17, 15) is 4.57 Å². The van der Waals surface area contributed by atoms with Crippen LogP contribution in [0.2, 0.25) is 39.3 Å². The standard InChI is InChI=1S/C24H40N3O5P2SSi2/c1-26(2)24(34(28,31-36(5,6)7)32-37(8,9)10)21-13-17-23(18-14-21)30-33(35)27(3)25-19-20-11-15-22(29-4)16-12-20/h11-19,24H,1-10H3/q+1/b25-19+. The molecule has 0 heterocycles. The van der Waals surface area contributed by atoms with E-state index in [-0.39, 0.29) is 0 Å². The fourth-order valence-electron chi connectivity index (χ4n) is 3.38. The highest BCUT2D eigenvalue weighted by Gasteiger charge is 2.45. The SMILES string of the molecule is COc1ccc(/C=N/N(C)[P+](=S)Oc2ccc(C(N(C)C)P(=O)(O[Si](C)(C)C)O[Si](C)(C)C)cc2)cc1. The van der Waals surface area contributed by atoms with Gasteiger partial charge in [0.25, 0.3) is 0 Å². The Morgan fingerprint density at radius 3 is 1.81 bits per heavy atom. The van der Waals surface area contributed by atoms with Gasteiger partial charge in [0.15, 0.2) is 22.4 Å². The van der Waals surface area contributed by atoms with Crippen molar-refractivity contribution >= 4 is 49.3 Å². The summed E-state index contributed by atoms with van der Waals surface area (Å²) in [6, 6.07) is 15.0. The van der Waals surface area contributed by atoms with Crippen LogP contribution in [-0.4, -0.2) is 60.8 Å². The molecule has 0 radical (unpaired) electrons. The third kappa shape index (κ3) is 10.3. The third-order valence-corrected chi connectivity index (χ3v) is 14.3. The number of hydrogen-bond donors (Lipinski definition) is 0. The average Bonchev–Trinajstić information content (AvgIpc) is 2.76. The van der Waals surface area contributed by atoms with E-state index in [1.807, 2.05) is 107 Å². The van der Waals surface area contributed by atoms with Gasteiger partial charge in [-0.25, -0.2) is 0 Å². The van der Waals surface area contributed by atoms with Crippen molar-refractivity contribution in [2.24, 2.45) is 5.10 Å². The Bertz CT molecular complexity index is 1100. The number of nitrogens with zero attached hydrogens (tertiary/aromatic N) is 3. The quantitative estimate of drug-likeness (QED) is 0.103. The Kier molecular flexibility index (Phi) is 11.2. The van der Waals surface area contributed by atoms with Crippen LogP contribution in [0, 0.1) is 0 Å². The number of rotatable bonds is 13. The highest BCUT2D eigenvalue weighted by atomic mass is 32.4. The fourth-order valence-corrected chi connectivity index (χ4v) is 12.8. The Hall–Kier alpha value is -1.43. The minimum absolute atomic E-state index is 0.540. The molecular formula is C24H40N3O5P2SSi2+. The summed E-state index contributed by atoms with van der Waals surface area (Å²) in [6.07, 6.45) is 1.73. The molecule has 204 valence electrons. The van der Waals surface area contributed by atoms with Crippen LogP contribution in [0.3, 0.4) is 0 Å². The maximum Gasteiger partial charge on any atom is 0.540 e. The van der Waals surface area contributed by atoms with E-state index in [4.69, 9.17) is 29.5 Å². The summed E-state index contributed by atoms with van der Waals surface area (Å²) in [5.41, 5.74) is 1.76. The summed E-state index contributed by atoms with van der Waals surface area (Å²) in [6.45, 7) is 12.1. The second-order valence-corrected chi connectivity index (χ2v) is 24.3. The zero-order chi connectivity index (χ0) is 28.0. The van der Waals surface area contributed by atoms with E-state index in [1.54, 1.807) is 25.2 Å². The van der Waals surface area contributed by atoms with Crippen LogP contribution in [0.15, 0.2) is 53.6 Å². The minimum Gasteiger partial charge on any atom is -0.497 e. The summed E-state index contributed by atoms with van der Waals surface area (Å²) in [5.74, 6) is 0.859. The van der Waals surface area contributed by atoms with E-state index < -0.39 is 37.1 Å². The second-order valence-electron chi connectivity index (χ2n) is 10.7. The molecule has 2 aromatic carbocycles. The monoisotopic (exact) mass is 600 g/mol. The van der Waals surface area contributed by atoms with Gasteiger partial charge >= 0.3 is 14.7 Å². The van der Waals surface area contributed by atoms with Crippen LogP contribution >= 0.6 is 14.7 Å². The molecule has 0 saturated heterocycles. The summed E-state index contributed by atoms with van der Waals surface area (Å²) < 4.78 is 39.6. The summed E-state index contributed by atoms with van der Waals surface area (Å²) in [5, 5.41) is 4.41. The number of methoxy groups -OCH3 is 1. The topological polar surface area (TPSA) is 72.8 Å². The van der Waals surface area contributed by atoms with E-state index in [0.29, 0.717) is 5.75 Å². The molecule has 0 aromatic heterocycles. The lowest BCUT2D eigenvalue weighted by atomic mass is 10.2. The van der Waals surface area contributed by atoms with Gasteiger partial charge in [-0.1, -0.05) is 16.9 Å². The predicted molar refractivity (Wildman–Crippen MR) is 163 cm³/mol. The van der Waals surface area contributed by atoms with Gasteiger partial charge in [-0.3, -0.25) is 14.0 Å². The molecular weight excluding hydrogens is 560 g/mol. The van der Waals surface area contributed by atoms with Crippen LogP contribution in [0.1, 0.15) is 16.9 Å². The first kappa shape index (κ1) is 31.8. The maximum atomic E-state index is 14.3. The predicted octanol–water partition coefficient (Wildman–Crippen LogP) is 7.27. The Balaban J connectivity index is 2.20. The zero-order valence-electron chi connectivity index (χ0n) is 23.5. The highest BCUT2D eigenvalue weighted by molar-refractivity contribution is 8.02. The van der Waals surface area contributed by atoms with Crippen molar-refractivity contribution in [3.63, 3.8) is 0 Å². The van der Waals surface area contributed by atoms with Crippen LogP contribution in [-0.2, 0) is 24.8 Å². The molecule has 13 heteroatoms. The van der Waals surface area contributed by atoms with Crippen LogP contribution in [0.5, 0.6) is 11.5 Å². The summed E-state index contributed by atoms with van der Waals surface area (Å²) in [4.78, 5) is 1.90. The molecule has 2 aromatic rings. The van der Waals surface area contributed by atoms with Crippen molar-refractivity contribution in [3.05, 3.63) is 59.7 Å². The first-order chi connectivity index (χ1) is 17.0. The molecule has 0 aliphatic heterocycles. The van der Waals surface area contributed by atoms with Gasteiger partial charge in [-0.2, -0.15) is 0 Å². The Morgan fingerprint density at radius 1 is 0.892 bits per heavy atom. The molecule has 0 amide bonds. The van der Waals surface area contributed by atoms with Crippen molar-refractivity contribution in [1.29, 1.82) is 0 Å². The first-order valence-corrected chi connectivity index (χ1v) is 22.5. The smallest absolute Gasteiger partial charge is 0.497 e. The molecule has 2 rings (SSSR count). The van der Waals surface area contributed by atoms with Gasteiger partial charge in [-0.15, -0.1) is 5.10 Å². The van der Waals surface area contributed by atoms with Gasteiger partial charge in [0.05, 0.1) is 20.4 Å². The largest absolute Gasteiger partial charge is 0.540 e. The molecule has 37 heavy (non-hydrogen) atoms. The van der Waals surface area contributed by atoms with Gasteiger partial charge in [-0.05, 0) is 101 Å². The van der Waals surface area contributed by atoms with E-state index >= 15 is 0 Å². The van der Waals surface area contributed by atoms with Crippen molar-refractivity contribution in [2.45, 2.75) is 45.1 Å². The molecule has 0 aliphatic rings. The molecule has 2 unspecified atom stereocenters. The van der Waals surface area contributed by atoms with Crippen molar-refractivity contribution in [1.82, 2.24) is 9.68 Å². The second kappa shape index (κ2) is 13.1. The van der Waals surface area contributed by atoms with E-state index in [0.717, 1.165) is 16.9 Å². The van der Waals surface area contributed by atoms with Gasteiger partial charge in [0.2, 0.25) is 11.8 Å². The van der Waals surface area contributed by atoms with Crippen molar-refractivity contribution < 1.29 is 22.3 Å². The lowest BCUT2D eigenvalue weighted by molar-refractivity contribution is 0.293. The van der Waals surface area contributed by atoms with Gasteiger partial charge < -0.3 is 13.2 Å². The molecule has 0 bridgehead atoms. The number of ether oxygens (including phenoxy) is 1. The average molecular weight is 601 g/mol. The van der Waals surface area contributed by atoms with Crippen LogP contribution in [0.4, 0.5) is 0 Å². The number of benzene rings is 2.